The van der Waals surface area contributed by atoms with Gasteiger partial charge in [0.25, 0.3) is 0 Å². The van der Waals surface area contributed by atoms with E-state index in [0.29, 0.717) is 0 Å². The normalized spacial score (nSPS) is 19.9. The van der Waals surface area contributed by atoms with Crippen molar-refractivity contribution in [2.75, 3.05) is 29.9 Å². The molecule has 100 valence electrons. The molecule has 1 aromatic rings. The molecular formula is C13H22N4O. The third kappa shape index (κ3) is 3.10. The van der Waals surface area contributed by atoms with Crippen LogP contribution in [0.3, 0.4) is 0 Å². The summed E-state index contributed by atoms with van der Waals surface area (Å²) in [4.78, 5) is 11.0. The average Bonchev–Trinajstić information content (AvgIpc) is 2.45. The molecule has 0 aliphatic carbocycles. The fourth-order valence-electron chi connectivity index (χ4n) is 2.32. The van der Waals surface area contributed by atoms with Gasteiger partial charge in [-0.1, -0.05) is 6.92 Å². The van der Waals surface area contributed by atoms with E-state index in [0.717, 1.165) is 44.0 Å². The van der Waals surface area contributed by atoms with Crippen LogP contribution in [0.4, 0.5) is 11.6 Å². The minimum absolute atomic E-state index is 0.189. The van der Waals surface area contributed by atoms with E-state index in [1.165, 1.54) is 6.42 Å². The number of aromatic nitrogens is 2. The van der Waals surface area contributed by atoms with Gasteiger partial charge in [-0.2, -0.15) is 0 Å². The number of rotatable bonds is 5. The molecule has 0 saturated carbocycles. The van der Waals surface area contributed by atoms with Crippen LogP contribution in [0, 0.1) is 0 Å². The van der Waals surface area contributed by atoms with Gasteiger partial charge in [-0.25, -0.2) is 4.98 Å². The van der Waals surface area contributed by atoms with Crippen molar-refractivity contribution in [3.05, 3.63) is 12.4 Å². The third-order valence-corrected chi connectivity index (χ3v) is 3.31. The zero-order valence-corrected chi connectivity index (χ0v) is 11.0. The number of nitrogens with zero attached hydrogens (tertiary/aromatic N) is 3. The highest BCUT2D eigenvalue weighted by atomic mass is 16.3. The minimum atomic E-state index is 0.189. The van der Waals surface area contributed by atoms with Crippen LogP contribution in [0.15, 0.2) is 12.4 Å². The largest absolute Gasteiger partial charge is 0.394 e. The van der Waals surface area contributed by atoms with Crippen molar-refractivity contribution in [2.24, 2.45) is 0 Å². The van der Waals surface area contributed by atoms with Gasteiger partial charge in [0.05, 0.1) is 25.0 Å². The van der Waals surface area contributed by atoms with E-state index in [-0.39, 0.29) is 12.6 Å². The van der Waals surface area contributed by atoms with E-state index in [4.69, 9.17) is 0 Å². The van der Waals surface area contributed by atoms with Crippen LogP contribution in [-0.2, 0) is 0 Å². The molecule has 2 N–H and O–H groups in total. The molecule has 2 rings (SSSR count). The first kappa shape index (κ1) is 13.1. The summed E-state index contributed by atoms with van der Waals surface area (Å²) in [5.74, 6) is 1.69. The smallest absolute Gasteiger partial charge is 0.149 e. The fourth-order valence-corrected chi connectivity index (χ4v) is 2.32. The van der Waals surface area contributed by atoms with Crippen molar-refractivity contribution in [1.82, 2.24) is 9.97 Å². The summed E-state index contributed by atoms with van der Waals surface area (Å²) in [7, 11) is 0. The molecule has 1 fully saturated rings. The summed E-state index contributed by atoms with van der Waals surface area (Å²) in [6.45, 7) is 4.17. The summed E-state index contributed by atoms with van der Waals surface area (Å²) in [6.07, 6.45) is 7.97. The Kier molecular flexibility index (Phi) is 4.75. The van der Waals surface area contributed by atoms with Gasteiger partial charge in [0, 0.05) is 13.1 Å². The number of aliphatic hydroxyl groups is 1. The maximum Gasteiger partial charge on any atom is 0.149 e. The van der Waals surface area contributed by atoms with Crippen LogP contribution < -0.4 is 10.2 Å². The van der Waals surface area contributed by atoms with E-state index in [1.807, 2.05) is 0 Å². The Bertz CT molecular complexity index is 372. The van der Waals surface area contributed by atoms with Crippen LogP contribution >= 0.6 is 0 Å². The van der Waals surface area contributed by atoms with Gasteiger partial charge in [-0.3, -0.25) is 4.98 Å². The second-order valence-electron chi connectivity index (χ2n) is 4.71. The number of hydrogen-bond acceptors (Lipinski definition) is 5. The summed E-state index contributed by atoms with van der Waals surface area (Å²) in [6, 6.07) is 0.189. The van der Waals surface area contributed by atoms with Gasteiger partial charge in [0.1, 0.15) is 11.6 Å². The maximum atomic E-state index is 9.43. The number of aliphatic hydroxyl groups excluding tert-OH is 1. The highest BCUT2D eigenvalue weighted by Gasteiger charge is 2.23. The molecule has 0 bridgehead atoms. The number of piperidine rings is 1. The van der Waals surface area contributed by atoms with Crippen molar-refractivity contribution < 1.29 is 5.11 Å². The molecule has 18 heavy (non-hydrogen) atoms. The predicted molar refractivity (Wildman–Crippen MR) is 72.9 cm³/mol. The first-order valence-electron chi connectivity index (χ1n) is 6.78. The van der Waals surface area contributed by atoms with Crippen LogP contribution in [0.1, 0.15) is 32.6 Å². The van der Waals surface area contributed by atoms with E-state index in [9.17, 15) is 5.11 Å². The minimum Gasteiger partial charge on any atom is -0.394 e. The summed E-state index contributed by atoms with van der Waals surface area (Å²) in [5, 5.41) is 12.7. The van der Waals surface area contributed by atoms with Gasteiger partial charge in [0.15, 0.2) is 0 Å². The summed E-state index contributed by atoms with van der Waals surface area (Å²) >= 11 is 0. The number of hydrogen-bond donors (Lipinski definition) is 2. The molecular weight excluding hydrogens is 228 g/mol. The fraction of sp³-hybridized carbons (Fsp3) is 0.692. The molecule has 1 aliphatic heterocycles. The van der Waals surface area contributed by atoms with Crippen molar-refractivity contribution in [2.45, 2.75) is 38.6 Å². The Balaban J connectivity index is 2.10. The van der Waals surface area contributed by atoms with E-state index >= 15 is 0 Å². The molecule has 0 spiro atoms. The SMILES string of the molecule is CCCNc1cncc(N2CCCCC2CO)n1. The molecule has 1 saturated heterocycles. The van der Waals surface area contributed by atoms with Crippen molar-refractivity contribution >= 4 is 11.6 Å². The van der Waals surface area contributed by atoms with Crippen LogP contribution in [-0.4, -0.2) is 40.8 Å². The standard InChI is InChI=1S/C13H22N4O/c1-2-6-15-12-8-14-9-13(16-12)17-7-4-3-5-11(17)10-18/h8-9,11,18H,2-7,10H2,1H3,(H,15,16). The molecule has 0 aromatic carbocycles. The Morgan fingerprint density at radius 3 is 3.11 bits per heavy atom. The lowest BCUT2D eigenvalue weighted by Gasteiger charge is -2.35. The van der Waals surface area contributed by atoms with E-state index in [2.05, 4.69) is 27.1 Å². The second kappa shape index (κ2) is 6.54. The molecule has 2 heterocycles. The monoisotopic (exact) mass is 250 g/mol. The van der Waals surface area contributed by atoms with Crippen LogP contribution in [0.2, 0.25) is 0 Å². The highest BCUT2D eigenvalue weighted by molar-refractivity contribution is 5.45. The predicted octanol–water partition coefficient (Wildman–Crippen LogP) is 1.65. The van der Waals surface area contributed by atoms with Gasteiger partial charge in [-0.05, 0) is 25.7 Å². The van der Waals surface area contributed by atoms with E-state index < -0.39 is 0 Å². The third-order valence-electron chi connectivity index (χ3n) is 3.31. The molecule has 0 radical (unpaired) electrons. The second-order valence-corrected chi connectivity index (χ2v) is 4.71. The topological polar surface area (TPSA) is 61.3 Å². The maximum absolute atomic E-state index is 9.43. The molecule has 1 aromatic heterocycles. The van der Waals surface area contributed by atoms with Crippen LogP contribution in [0.5, 0.6) is 0 Å². The summed E-state index contributed by atoms with van der Waals surface area (Å²) < 4.78 is 0. The molecule has 5 heteroatoms. The van der Waals surface area contributed by atoms with Crippen molar-refractivity contribution in [1.29, 1.82) is 0 Å². The summed E-state index contributed by atoms with van der Waals surface area (Å²) in [5.41, 5.74) is 0. The van der Waals surface area contributed by atoms with Gasteiger partial charge < -0.3 is 15.3 Å². The number of anilines is 2. The van der Waals surface area contributed by atoms with Gasteiger partial charge >= 0.3 is 0 Å². The lowest BCUT2D eigenvalue weighted by Crippen LogP contribution is -2.42. The Morgan fingerprint density at radius 1 is 1.44 bits per heavy atom. The number of nitrogens with one attached hydrogen (secondary N) is 1. The molecule has 1 atom stereocenters. The highest BCUT2D eigenvalue weighted by Crippen LogP contribution is 2.23. The lowest BCUT2D eigenvalue weighted by molar-refractivity contribution is 0.239. The Hall–Kier alpha value is -1.36. The Morgan fingerprint density at radius 2 is 2.33 bits per heavy atom. The molecule has 1 unspecified atom stereocenters. The quantitative estimate of drug-likeness (QED) is 0.832. The first-order valence-corrected chi connectivity index (χ1v) is 6.78. The zero-order valence-electron chi connectivity index (χ0n) is 11.0. The average molecular weight is 250 g/mol. The first-order chi connectivity index (χ1) is 8.85. The van der Waals surface area contributed by atoms with E-state index in [1.54, 1.807) is 12.4 Å². The Labute approximate surface area is 108 Å². The zero-order chi connectivity index (χ0) is 12.8. The van der Waals surface area contributed by atoms with Crippen molar-refractivity contribution in [3.8, 4) is 0 Å². The van der Waals surface area contributed by atoms with Gasteiger partial charge in [0.2, 0.25) is 0 Å². The molecule has 0 amide bonds. The van der Waals surface area contributed by atoms with Crippen molar-refractivity contribution in [3.63, 3.8) is 0 Å². The molecule has 5 nitrogen and oxygen atoms in total. The lowest BCUT2D eigenvalue weighted by atomic mass is 10.0. The molecule has 1 aliphatic rings. The van der Waals surface area contributed by atoms with Gasteiger partial charge in [-0.15, -0.1) is 0 Å². The van der Waals surface area contributed by atoms with Crippen LogP contribution in [0.25, 0.3) is 0 Å².